The van der Waals surface area contributed by atoms with Gasteiger partial charge in [0.05, 0.1) is 0 Å². The van der Waals surface area contributed by atoms with Crippen molar-refractivity contribution in [1.29, 1.82) is 0 Å². The van der Waals surface area contributed by atoms with Crippen LogP contribution in [0.3, 0.4) is 0 Å². The third kappa shape index (κ3) is 3.65. The van der Waals surface area contributed by atoms with Gasteiger partial charge in [-0.2, -0.15) is 0 Å². The Morgan fingerprint density at radius 2 is 2.15 bits per heavy atom. The van der Waals surface area contributed by atoms with Crippen LogP contribution in [-0.2, 0) is 4.79 Å². The number of nitrogens with two attached hydrogens (primary N) is 1. The van der Waals surface area contributed by atoms with Crippen molar-refractivity contribution in [2.24, 2.45) is 5.73 Å². The van der Waals surface area contributed by atoms with Gasteiger partial charge in [0, 0.05) is 13.1 Å². The van der Waals surface area contributed by atoms with Gasteiger partial charge in [0.1, 0.15) is 5.82 Å². The number of piperidine rings is 1. The minimum atomic E-state index is -1.41. The predicted molar refractivity (Wildman–Crippen MR) is 75.3 cm³/mol. The Balaban J connectivity index is 1.90. The first-order chi connectivity index (χ1) is 9.49. The number of primary amides is 1. The lowest BCUT2D eigenvalue weighted by molar-refractivity contribution is -0.141. The number of benzene rings is 1. The molecule has 0 saturated carbocycles. The molecule has 1 amide bonds. The number of carbonyl (C=O) groups excluding carboxylic acids is 1. The minimum absolute atomic E-state index is 0.260. The second-order valence-corrected chi connectivity index (χ2v) is 5.19. The van der Waals surface area contributed by atoms with E-state index in [9.17, 15) is 14.3 Å². The van der Waals surface area contributed by atoms with Gasteiger partial charge in [0.15, 0.2) is 5.60 Å². The van der Waals surface area contributed by atoms with Crippen molar-refractivity contribution >= 4 is 12.0 Å². The molecule has 1 aromatic rings. The topological polar surface area (TPSA) is 66.6 Å². The molecule has 0 spiro atoms. The molecular formula is C15H19FN2O2. The van der Waals surface area contributed by atoms with Gasteiger partial charge in [0.2, 0.25) is 0 Å². The van der Waals surface area contributed by atoms with Crippen molar-refractivity contribution in [3.8, 4) is 0 Å². The van der Waals surface area contributed by atoms with Crippen molar-refractivity contribution in [2.45, 2.75) is 18.4 Å². The third-order valence-electron chi connectivity index (χ3n) is 3.55. The highest BCUT2D eigenvalue weighted by Gasteiger charge is 2.38. The quantitative estimate of drug-likeness (QED) is 0.868. The summed E-state index contributed by atoms with van der Waals surface area (Å²) in [7, 11) is 0. The summed E-state index contributed by atoms with van der Waals surface area (Å²) in [5.41, 5.74) is 4.72. The lowest BCUT2D eigenvalue weighted by Gasteiger charge is -2.36. The smallest absolute Gasteiger partial charge is 0.250 e. The van der Waals surface area contributed by atoms with Gasteiger partial charge in [-0.05, 0) is 37.1 Å². The number of likely N-dealkylation sites (tertiary alicyclic amines) is 1. The van der Waals surface area contributed by atoms with Crippen LogP contribution < -0.4 is 5.73 Å². The van der Waals surface area contributed by atoms with E-state index in [1.165, 1.54) is 12.1 Å². The number of amides is 1. The van der Waals surface area contributed by atoms with Crippen LogP contribution >= 0.6 is 0 Å². The van der Waals surface area contributed by atoms with Gasteiger partial charge in [-0.15, -0.1) is 0 Å². The molecule has 1 heterocycles. The first kappa shape index (κ1) is 14.7. The Hall–Kier alpha value is -1.72. The maximum Gasteiger partial charge on any atom is 0.250 e. The summed E-state index contributed by atoms with van der Waals surface area (Å²) in [5.74, 6) is -0.922. The second-order valence-electron chi connectivity index (χ2n) is 5.19. The van der Waals surface area contributed by atoms with E-state index < -0.39 is 11.5 Å². The zero-order valence-corrected chi connectivity index (χ0v) is 11.3. The van der Waals surface area contributed by atoms with Crippen molar-refractivity contribution < 1.29 is 14.3 Å². The van der Waals surface area contributed by atoms with Crippen LogP contribution in [0.25, 0.3) is 6.08 Å². The fourth-order valence-electron chi connectivity index (χ4n) is 2.39. The average Bonchev–Trinajstić information content (AvgIpc) is 2.41. The molecule has 0 aromatic heterocycles. The lowest BCUT2D eigenvalue weighted by Crippen LogP contribution is -2.55. The maximum absolute atomic E-state index is 12.8. The number of hydrogen-bond acceptors (Lipinski definition) is 3. The number of rotatable bonds is 4. The van der Waals surface area contributed by atoms with Gasteiger partial charge >= 0.3 is 0 Å². The Bertz CT molecular complexity index is 501. The molecule has 1 fully saturated rings. The molecule has 0 aliphatic carbocycles. The summed E-state index contributed by atoms with van der Waals surface area (Å²) < 4.78 is 12.8. The standard InChI is InChI=1S/C15H19FN2O2/c16-13-6-4-12(5-7-13)3-1-9-18-10-2-8-15(20,11-18)14(17)19/h1,3-7,20H,2,8-11H2,(H2,17,19)/b3-1+. The van der Waals surface area contributed by atoms with Gasteiger partial charge in [-0.25, -0.2) is 4.39 Å². The molecule has 0 radical (unpaired) electrons. The number of aliphatic hydroxyl groups is 1. The van der Waals surface area contributed by atoms with Gasteiger partial charge in [0.25, 0.3) is 5.91 Å². The normalized spacial score (nSPS) is 24.1. The Labute approximate surface area is 117 Å². The van der Waals surface area contributed by atoms with Crippen molar-refractivity contribution in [3.63, 3.8) is 0 Å². The van der Waals surface area contributed by atoms with E-state index in [4.69, 9.17) is 5.73 Å². The van der Waals surface area contributed by atoms with Crippen LogP contribution in [0.2, 0.25) is 0 Å². The maximum atomic E-state index is 12.8. The van der Waals surface area contributed by atoms with Crippen molar-refractivity contribution in [1.82, 2.24) is 4.90 Å². The molecule has 1 aromatic carbocycles. The lowest BCUT2D eigenvalue weighted by atomic mass is 9.92. The largest absolute Gasteiger partial charge is 0.379 e. The molecule has 1 unspecified atom stereocenters. The van der Waals surface area contributed by atoms with E-state index in [0.717, 1.165) is 18.5 Å². The molecule has 108 valence electrons. The Morgan fingerprint density at radius 1 is 1.45 bits per heavy atom. The highest BCUT2D eigenvalue weighted by atomic mass is 19.1. The number of hydrogen-bond donors (Lipinski definition) is 2. The summed E-state index contributed by atoms with van der Waals surface area (Å²) in [5, 5.41) is 10.1. The fraction of sp³-hybridized carbons (Fsp3) is 0.400. The van der Waals surface area contributed by atoms with E-state index in [0.29, 0.717) is 13.0 Å². The van der Waals surface area contributed by atoms with Gasteiger partial charge in [-0.3, -0.25) is 9.69 Å². The molecule has 1 atom stereocenters. The number of halogens is 1. The number of β-amino-alcohol motifs (C(OH)–C–C–N with tert-alkyl or cyclic N) is 1. The van der Waals surface area contributed by atoms with Crippen LogP contribution in [-0.4, -0.2) is 41.1 Å². The van der Waals surface area contributed by atoms with Gasteiger partial charge in [-0.1, -0.05) is 24.3 Å². The molecule has 2 rings (SSSR count). The average molecular weight is 278 g/mol. The summed E-state index contributed by atoms with van der Waals surface area (Å²) >= 11 is 0. The third-order valence-corrected chi connectivity index (χ3v) is 3.55. The number of nitrogens with zero attached hydrogens (tertiary/aromatic N) is 1. The SMILES string of the molecule is NC(=O)C1(O)CCCN(C/C=C/c2ccc(F)cc2)C1. The first-order valence-corrected chi connectivity index (χ1v) is 6.66. The van der Waals surface area contributed by atoms with Crippen LogP contribution in [0.5, 0.6) is 0 Å². The molecule has 1 aliphatic rings. The summed E-state index contributed by atoms with van der Waals surface area (Å²) in [6.07, 6.45) is 4.97. The molecular weight excluding hydrogens is 259 g/mol. The van der Waals surface area contributed by atoms with Crippen molar-refractivity contribution in [2.75, 3.05) is 19.6 Å². The van der Waals surface area contributed by atoms with E-state index >= 15 is 0 Å². The highest BCUT2D eigenvalue weighted by Crippen LogP contribution is 2.20. The summed E-state index contributed by atoms with van der Waals surface area (Å²) in [6.45, 7) is 1.70. The highest BCUT2D eigenvalue weighted by molar-refractivity contribution is 5.83. The van der Waals surface area contributed by atoms with E-state index in [2.05, 4.69) is 0 Å². The minimum Gasteiger partial charge on any atom is -0.379 e. The molecule has 5 heteroatoms. The first-order valence-electron chi connectivity index (χ1n) is 6.66. The zero-order valence-electron chi connectivity index (χ0n) is 11.3. The molecule has 4 nitrogen and oxygen atoms in total. The monoisotopic (exact) mass is 278 g/mol. The second kappa shape index (κ2) is 6.15. The number of carbonyl (C=O) groups is 1. The molecule has 1 saturated heterocycles. The van der Waals surface area contributed by atoms with Crippen LogP contribution in [0, 0.1) is 5.82 Å². The fourth-order valence-corrected chi connectivity index (χ4v) is 2.39. The van der Waals surface area contributed by atoms with Crippen LogP contribution in [0.15, 0.2) is 30.3 Å². The van der Waals surface area contributed by atoms with Crippen LogP contribution in [0.1, 0.15) is 18.4 Å². The molecule has 3 N–H and O–H groups in total. The Morgan fingerprint density at radius 3 is 2.80 bits per heavy atom. The van der Waals surface area contributed by atoms with E-state index in [1.54, 1.807) is 12.1 Å². The summed E-state index contributed by atoms with van der Waals surface area (Å²) in [6, 6.07) is 6.21. The van der Waals surface area contributed by atoms with Crippen LogP contribution in [0.4, 0.5) is 4.39 Å². The zero-order chi connectivity index (χ0) is 14.6. The van der Waals surface area contributed by atoms with Gasteiger partial charge < -0.3 is 10.8 Å². The van der Waals surface area contributed by atoms with Crippen molar-refractivity contribution in [3.05, 3.63) is 41.7 Å². The summed E-state index contributed by atoms with van der Waals surface area (Å²) in [4.78, 5) is 13.2. The Kier molecular flexibility index (Phi) is 4.52. The predicted octanol–water partition coefficient (Wildman–Crippen LogP) is 1.15. The van der Waals surface area contributed by atoms with E-state index in [-0.39, 0.29) is 12.4 Å². The van der Waals surface area contributed by atoms with E-state index in [1.807, 2.05) is 17.1 Å². The molecule has 20 heavy (non-hydrogen) atoms. The molecule has 0 bridgehead atoms. The molecule has 1 aliphatic heterocycles.